The molecule has 0 spiro atoms. The molecule has 0 radical (unpaired) electrons. The first-order valence-corrected chi connectivity index (χ1v) is 7.60. The molecule has 2 N–H and O–H groups in total. The first-order chi connectivity index (χ1) is 11.6. The number of hydrogen-bond acceptors (Lipinski definition) is 5. The molecule has 2 aromatic heterocycles. The van der Waals surface area contributed by atoms with E-state index >= 15 is 0 Å². The summed E-state index contributed by atoms with van der Waals surface area (Å²) < 4.78 is 4.93. The van der Waals surface area contributed by atoms with Gasteiger partial charge < -0.3 is 15.2 Å². The lowest BCUT2D eigenvalue weighted by Crippen LogP contribution is -2.13. The van der Waals surface area contributed by atoms with Crippen molar-refractivity contribution in [2.45, 2.75) is 20.4 Å². The highest BCUT2D eigenvalue weighted by molar-refractivity contribution is 6.04. The summed E-state index contributed by atoms with van der Waals surface area (Å²) in [6.07, 6.45) is 3.20. The molecule has 1 amide bonds. The molecule has 3 rings (SSSR count). The summed E-state index contributed by atoms with van der Waals surface area (Å²) in [4.78, 5) is 16.4. The number of amides is 1. The van der Waals surface area contributed by atoms with E-state index in [1.807, 2.05) is 12.1 Å². The van der Waals surface area contributed by atoms with Crippen molar-refractivity contribution in [3.63, 3.8) is 0 Å². The van der Waals surface area contributed by atoms with Crippen LogP contribution in [0.2, 0.25) is 0 Å². The van der Waals surface area contributed by atoms with Crippen LogP contribution in [0.5, 0.6) is 0 Å². The Labute approximate surface area is 139 Å². The molecule has 1 aromatic carbocycles. The molecule has 2 heterocycles. The second kappa shape index (κ2) is 6.95. The SMILES string of the molecule is Cc1cc(NC(=O)c2cncc(NCc3ccccc3C)c2)no1. The van der Waals surface area contributed by atoms with Crippen LogP contribution in [0.3, 0.4) is 0 Å². The van der Waals surface area contributed by atoms with Crippen molar-refractivity contribution in [1.82, 2.24) is 10.1 Å². The third-order valence-electron chi connectivity index (χ3n) is 3.61. The fourth-order valence-electron chi connectivity index (χ4n) is 2.28. The largest absolute Gasteiger partial charge is 0.380 e. The summed E-state index contributed by atoms with van der Waals surface area (Å²) in [5.74, 6) is 0.739. The molecule has 0 unspecified atom stereocenters. The molecule has 0 aliphatic heterocycles. The van der Waals surface area contributed by atoms with Crippen LogP contribution in [-0.4, -0.2) is 16.0 Å². The molecule has 0 aliphatic rings. The first-order valence-electron chi connectivity index (χ1n) is 7.60. The Bertz CT molecular complexity index is 857. The highest BCUT2D eigenvalue weighted by Crippen LogP contribution is 2.14. The van der Waals surface area contributed by atoms with Crippen LogP contribution in [0.25, 0.3) is 0 Å². The van der Waals surface area contributed by atoms with E-state index < -0.39 is 0 Å². The molecule has 24 heavy (non-hydrogen) atoms. The highest BCUT2D eigenvalue weighted by atomic mass is 16.5. The summed E-state index contributed by atoms with van der Waals surface area (Å²) >= 11 is 0. The summed E-state index contributed by atoms with van der Waals surface area (Å²) in [6, 6.07) is 11.6. The summed E-state index contributed by atoms with van der Waals surface area (Å²) in [7, 11) is 0. The zero-order valence-electron chi connectivity index (χ0n) is 13.5. The summed E-state index contributed by atoms with van der Waals surface area (Å²) in [5.41, 5.74) is 3.64. The fourth-order valence-corrected chi connectivity index (χ4v) is 2.28. The van der Waals surface area contributed by atoms with Gasteiger partial charge in [0.1, 0.15) is 5.76 Å². The van der Waals surface area contributed by atoms with E-state index in [4.69, 9.17) is 4.52 Å². The molecule has 0 saturated carbocycles. The highest BCUT2D eigenvalue weighted by Gasteiger charge is 2.10. The van der Waals surface area contributed by atoms with Gasteiger partial charge in [0.05, 0.1) is 11.3 Å². The van der Waals surface area contributed by atoms with Crippen LogP contribution >= 0.6 is 0 Å². The van der Waals surface area contributed by atoms with E-state index in [1.165, 1.54) is 17.3 Å². The van der Waals surface area contributed by atoms with E-state index in [0.717, 1.165) is 5.69 Å². The average molecular weight is 322 g/mol. The third kappa shape index (κ3) is 3.78. The number of aromatic nitrogens is 2. The van der Waals surface area contributed by atoms with Gasteiger partial charge in [0.25, 0.3) is 5.91 Å². The Morgan fingerprint density at radius 1 is 1.17 bits per heavy atom. The lowest BCUT2D eigenvalue weighted by atomic mass is 10.1. The monoisotopic (exact) mass is 322 g/mol. The smallest absolute Gasteiger partial charge is 0.258 e. The second-order valence-corrected chi connectivity index (χ2v) is 5.52. The van der Waals surface area contributed by atoms with Gasteiger partial charge in [0, 0.05) is 25.0 Å². The van der Waals surface area contributed by atoms with Crippen LogP contribution in [0.1, 0.15) is 27.2 Å². The van der Waals surface area contributed by atoms with Gasteiger partial charge in [0.15, 0.2) is 5.82 Å². The molecule has 6 heteroatoms. The second-order valence-electron chi connectivity index (χ2n) is 5.52. The van der Waals surface area contributed by atoms with Gasteiger partial charge in [-0.3, -0.25) is 9.78 Å². The van der Waals surface area contributed by atoms with E-state index in [1.54, 1.807) is 25.3 Å². The van der Waals surface area contributed by atoms with Gasteiger partial charge in [-0.2, -0.15) is 0 Å². The number of rotatable bonds is 5. The van der Waals surface area contributed by atoms with E-state index in [9.17, 15) is 4.79 Å². The molecule has 3 aromatic rings. The lowest BCUT2D eigenvalue weighted by Gasteiger charge is -2.09. The van der Waals surface area contributed by atoms with Crippen LogP contribution in [0, 0.1) is 13.8 Å². The normalized spacial score (nSPS) is 10.4. The number of nitrogens with one attached hydrogen (secondary N) is 2. The summed E-state index contributed by atoms with van der Waals surface area (Å²) in [6.45, 7) is 4.50. The zero-order chi connectivity index (χ0) is 16.9. The predicted octanol–water partition coefficient (Wildman–Crippen LogP) is 3.55. The zero-order valence-corrected chi connectivity index (χ0v) is 13.5. The van der Waals surface area contributed by atoms with Crippen molar-refractivity contribution in [1.29, 1.82) is 0 Å². The minimum Gasteiger partial charge on any atom is -0.380 e. The van der Waals surface area contributed by atoms with Crippen LogP contribution in [0.4, 0.5) is 11.5 Å². The first kappa shape index (κ1) is 15.7. The number of pyridine rings is 1. The molecule has 0 bridgehead atoms. The number of carbonyl (C=O) groups excluding carboxylic acids is 1. The number of carbonyl (C=O) groups is 1. The standard InChI is InChI=1S/C18H18N4O2/c1-12-5-3-4-6-14(12)10-20-16-8-15(9-19-11-16)18(23)21-17-7-13(2)24-22-17/h3-9,11,20H,10H2,1-2H3,(H,21,22,23). The minimum absolute atomic E-state index is 0.282. The molecular formula is C18H18N4O2. The Kier molecular flexibility index (Phi) is 4.56. The third-order valence-corrected chi connectivity index (χ3v) is 3.61. The predicted molar refractivity (Wildman–Crippen MR) is 91.9 cm³/mol. The van der Waals surface area contributed by atoms with Crippen molar-refractivity contribution < 1.29 is 9.32 Å². The Morgan fingerprint density at radius 3 is 2.75 bits per heavy atom. The molecule has 0 aliphatic carbocycles. The van der Waals surface area contributed by atoms with Gasteiger partial charge in [-0.1, -0.05) is 29.4 Å². The maximum absolute atomic E-state index is 12.2. The molecule has 0 atom stereocenters. The molecule has 0 saturated heterocycles. The number of anilines is 2. The molecule has 6 nitrogen and oxygen atoms in total. The molecule has 122 valence electrons. The van der Waals surface area contributed by atoms with Crippen LogP contribution in [0.15, 0.2) is 53.3 Å². The van der Waals surface area contributed by atoms with E-state index in [0.29, 0.717) is 23.7 Å². The van der Waals surface area contributed by atoms with Crippen molar-refractivity contribution in [2.24, 2.45) is 0 Å². The number of hydrogen-bond donors (Lipinski definition) is 2. The van der Waals surface area contributed by atoms with Gasteiger partial charge in [-0.15, -0.1) is 0 Å². The topological polar surface area (TPSA) is 80.0 Å². The fraction of sp³-hybridized carbons (Fsp3) is 0.167. The number of aryl methyl sites for hydroxylation is 2. The number of benzene rings is 1. The summed E-state index contributed by atoms with van der Waals surface area (Å²) in [5, 5.41) is 9.71. The Balaban J connectivity index is 1.67. The number of nitrogens with zero attached hydrogens (tertiary/aromatic N) is 2. The van der Waals surface area contributed by atoms with Crippen LogP contribution < -0.4 is 10.6 Å². The van der Waals surface area contributed by atoms with E-state index in [2.05, 4.69) is 39.8 Å². The van der Waals surface area contributed by atoms with Crippen molar-refractivity contribution in [3.05, 3.63) is 71.2 Å². The van der Waals surface area contributed by atoms with Gasteiger partial charge in [0.2, 0.25) is 0 Å². The average Bonchev–Trinajstić information content (AvgIpc) is 2.99. The maximum atomic E-state index is 12.2. The van der Waals surface area contributed by atoms with Crippen molar-refractivity contribution in [3.8, 4) is 0 Å². The van der Waals surface area contributed by atoms with Gasteiger partial charge in [-0.25, -0.2) is 0 Å². The maximum Gasteiger partial charge on any atom is 0.258 e. The van der Waals surface area contributed by atoms with Gasteiger partial charge in [-0.05, 0) is 31.0 Å². The van der Waals surface area contributed by atoms with Gasteiger partial charge >= 0.3 is 0 Å². The Hall–Kier alpha value is -3.15. The van der Waals surface area contributed by atoms with Crippen LogP contribution in [-0.2, 0) is 6.54 Å². The molecule has 0 fully saturated rings. The van der Waals surface area contributed by atoms with Crippen molar-refractivity contribution >= 4 is 17.4 Å². The van der Waals surface area contributed by atoms with Crippen molar-refractivity contribution in [2.75, 3.05) is 10.6 Å². The Morgan fingerprint density at radius 2 is 2.00 bits per heavy atom. The quantitative estimate of drug-likeness (QED) is 0.751. The molecular weight excluding hydrogens is 304 g/mol. The van der Waals surface area contributed by atoms with E-state index in [-0.39, 0.29) is 5.91 Å². The lowest BCUT2D eigenvalue weighted by molar-refractivity contribution is 0.102. The minimum atomic E-state index is -0.282.